The van der Waals surface area contributed by atoms with Gasteiger partial charge in [-0.2, -0.15) is 0 Å². The van der Waals surface area contributed by atoms with Gasteiger partial charge in [-0.3, -0.25) is 0 Å². The van der Waals surface area contributed by atoms with Crippen molar-refractivity contribution in [1.82, 2.24) is 14.7 Å². The van der Waals surface area contributed by atoms with Crippen molar-refractivity contribution in [2.45, 2.75) is 47.0 Å². The molecule has 0 saturated carbocycles. The van der Waals surface area contributed by atoms with Crippen LogP contribution in [-0.2, 0) is 16.4 Å². The number of imidazole rings is 1. The number of hydrogen-bond acceptors (Lipinski definition) is 3. The fourth-order valence-electron chi connectivity index (χ4n) is 2.21. The lowest BCUT2D eigenvalue weighted by atomic mass is 9.86. The van der Waals surface area contributed by atoms with Crippen molar-refractivity contribution < 1.29 is 8.42 Å². The molecule has 0 aliphatic rings. The first-order valence-electron chi connectivity index (χ1n) is 8.17. The zero-order chi connectivity index (χ0) is 18.2. The van der Waals surface area contributed by atoms with Gasteiger partial charge in [-0.05, 0) is 43.3 Å². The average Bonchev–Trinajstić information content (AvgIpc) is 2.99. The van der Waals surface area contributed by atoms with Gasteiger partial charge < -0.3 is 4.98 Å². The Labute approximate surface area is 146 Å². The highest BCUT2D eigenvalue weighted by Crippen LogP contribution is 2.26. The third-order valence-electron chi connectivity index (χ3n) is 3.69. The lowest BCUT2D eigenvalue weighted by Gasteiger charge is -2.20. The van der Waals surface area contributed by atoms with E-state index in [1.54, 1.807) is 18.6 Å². The van der Waals surface area contributed by atoms with E-state index in [9.17, 15) is 8.42 Å². The standard InChI is InChI=1S/C18H29N3O2S/c1-6-16(18(3,4)5)11-10-15(2)24(22,23)21-12-8-7-9-17-13-19-14-20-17/h6,10-11,13-14,21H,2,7-9,12H2,1,3-5H3,(H,19,20)/b11-10-,16-6+. The van der Waals surface area contributed by atoms with Crippen LogP contribution >= 0.6 is 0 Å². The highest BCUT2D eigenvalue weighted by molar-refractivity contribution is 7.93. The van der Waals surface area contributed by atoms with E-state index in [0.717, 1.165) is 30.5 Å². The van der Waals surface area contributed by atoms with Gasteiger partial charge in [-0.1, -0.05) is 39.5 Å². The summed E-state index contributed by atoms with van der Waals surface area (Å²) in [6.45, 7) is 12.3. The van der Waals surface area contributed by atoms with Crippen molar-refractivity contribution in [2.24, 2.45) is 5.41 Å². The number of H-pyrrole nitrogens is 1. The van der Waals surface area contributed by atoms with Crippen LogP contribution in [0.4, 0.5) is 0 Å². The molecule has 0 radical (unpaired) electrons. The van der Waals surface area contributed by atoms with Crippen LogP contribution in [0.15, 0.2) is 47.8 Å². The Hall–Kier alpha value is -1.66. The van der Waals surface area contributed by atoms with Crippen LogP contribution in [0, 0.1) is 5.41 Å². The van der Waals surface area contributed by atoms with E-state index in [0.29, 0.717) is 6.54 Å². The molecule has 0 aliphatic heterocycles. The molecule has 0 amide bonds. The van der Waals surface area contributed by atoms with E-state index >= 15 is 0 Å². The smallest absolute Gasteiger partial charge is 0.239 e. The molecule has 1 aromatic heterocycles. The molecule has 24 heavy (non-hydrogen) atoms. The highest BCUT2D eigenvalue weighted by Gasteiger charge is 2.15. The molecule has 1 aromatic rings. The predicted octanol–water partition coefficient (Wildman–Crippen LogP) is 3.71. The van der Waals surface area contributed by atoms with Crippen LogP contribution in [0.1, 0.15) is 46.2 Å². The van der Waals surface area contributed by atoms with Crippen molar-refractivity contribution in [2.75, 3.05) is 6.54 Å². The van der Waals surface area contributed by atoms with Gasteiger partial charge in [0, 0.05) is 18.4 Å². The second-order valence-electron chi connectivity index (χ2n) is 6.73. The van der Waals surface area contributed by atoms with E-state index < -0.39 is 10.0 Å². The van der Waals surface area contributed by atoms with Crippen molar-refractivity contribution >= 4 is 10.0 Å². The summed E-state index contributed by atoms with van der Waals surface area (Å²) in [5.74, 6) is 0. The number of aryl methyl sites for hydroxylation is 1. The normalized spacial score (nSPS) is 13.6. The van der Waals surface area contributed by atoms with Gasteiger partial charge in [-0.15, -0.1) is 0 Å². The maximum absolute atomic E-state index is 12.2. The van der Waals surface area contributed by atoms with Crippen LogP contribution < -0.4 is 4.72 Å². The Balaban J connectivity index is 2.45. The quantitative estimate of drug-likeness (QED) is 0.526. The Morgan fingerprint density at radius 1 is 1.33 bits per heavy atom. The molecule has 0 saturated heterocycles. The summed E-state index contributed by atoms with van der Waals surface area (Å²) >= 11 is 0. The minimum atomic E-state index is -3.52. The first-order valence-corrected chi connectivity index (χ1v) is 9.66. The zero-order valence-electron chi connectivity index (χ0n) is 15.1. The van der Waals surface area contributed by atoms with Crippen LogP contribution in [0.2, 0.25) is 0 Å². The van der Waals surface area contributed by atoms with Gasteiger partial charge in [0.2, 0.25) is 10.0 Å². The van der Waals surface area contributed by atoms with Gasteiger partial charge >= 0.3 is 0 Å². The Kier molecular flexibility index (Phi) is 7.63. The fourth-order valence-corrected chi connectivity index (χ4v) is 3.06. The first kappa shape index (κ1) is 20.4. The fraction of sp³-hybridized carbons (Fsp3) is 0.500. The largest absolute Gasteiger partial charge is 0.348 e. The second kappa shape index (κ2) is 8.99. The van der Waals surface area contributed by atoms with E-state index in [1.807, 2.05) is 19.1 Å². The number of aromatic amines is 1. The summed E-state index contributed by atoms with van der Waals surface area (Å²) in [5.41, 5.74) is 2.10. The maximum atomic E-state index is 12.2. The van der Waals surface area contributed by atoms with E-state index in [1.165, 1.54) is 0 Å². The Morgan fingerprint density at radius 3 is 2.58 bits per heavy atom. The molecule has 0 aliphatic carbocycles. The third-order valence-corrected chi connectivity index (χ3v) is 5.10. The Bertz CT molecular complexity index is 678. The predicted molar refractivity (Wildman–Crippen MR) is 99.9 cm³/mol. The lowest BCUT2D eigenvalue weighted by molar-refractivity contribution is 0.516. The van der Waals surface area contributed by atoms with Gasteiger partial charge in [0.1, 0.15) is 0 Å². The number of unbranched alkanes of at least 4 members (excludes halogenated alkanes) is 1. The topological polar surface area (TPSA) is 74.8 Å². The second-order valence-corrected chi connectivity index (χ2v) is 8.55. The molecule has 2 N–H and O–H groups in total. The molecular weight excluding hydrogens is 322 g/mol. The average molecular weight is 352 g/mol. The summed E-state index contributed by atoms with van der Waals surface area (Å²) in [5, 5.41) is 0. The number of aromatic nitrogens is 2. The molecule has 0 aromatic carbocycles. The number of nitrogens with zero attached hydrogens (tertiary/aromatic N) is 1. The molecule has 0 unspecified atom stereocenters. The molecule has 134 valence electrons. The summed E-state index contributed by atoms with van der Waals surface area (Å²) in [4.78, 5) is 7.06. The van der Waals surface area contributed by atoms with Crippen molar-refractivity contribution in [3.63, 3.8) is 0 Å². The molecule has 6 heteroatoms. The van der Waals surface area contributed by atoms with Crippen LogP contribution in [0.25, 0.3) is 0 Å². The van der Waals surface area contributed by atoms with E-state index in [4.69, 9.17) is 0 Å². The molecule has 1 rings (SSSR count). The monoisotopic (exact) mass is 351 g/mol. The number of rotatable bonds is 9. The molecule has 1 heterocycles. The van der Waals surface area contributed by atoms with Crippen molar-refractivity contribution in [3.8, 4) is 0 Å². The molecule has 0 fully saturated rings. The molecule has 0 atom stereocenters. The van der Waals surface area contributed by atoms with Crippen molar-refractivity contribution in [3.05, 3.63) is 53.5 Å². The summed E-state index contributed by atoms with van der Waals surface area (Å²) < 4.78 is 26.9. The summed E-state index contributed by atoms with van der Waals surface area (Å²) in [7, 11) is -3.52. The number of hydrogen-bond donors (Lipinski definition) is 2. The molecule has 0 bridgehead atoms. The minimum Gasteiger partial charge on any atom is -0.348 e. The third kappa shape index (κ3) is 6.84. The van der Waals surface area contributed by atoms with Crippen LogP contribution in [0.3, 0.4) is 0 Å². The van der Waals surface area contributed by atoms with Crippen LogP contribution in [-0.4, -0.2) is 24.9 Å². The maximum Gasteiger partial charge on any atom is 0.239 e. The Morgan fingerprint density at radius 2 is 2.04 bits per heavy atom. The SMILES string of the molecule is C=C(/C=C\C(=C/C)C(C)(C)C)S(=O)(=O)NCCCCc1cnc[nH]1. The highest BCUT2D eigenvalue weighted by atomic mass is 32.2. The van der Waals surface area contributed by atoms with Gasteiger partial charge in [-0.25, -0.2) is 18.1 Å². The van der Waals surface area contributed by atoms with E-state index in [-0.39, 0.29) is 10.3 Å². The number of nitrogens with one attached hydrogen (secondary N) is 2. The minimum absolute atomic E-state index is 0.0323. The van der Waals surface area contributed by atoms with Gasteiger partial charge in [0.15, 0.2) is 0 Å². The van der Waals surface area contributed by atoms with Gasteiger partial charge in [0.05, 0.1) is 11.2 Å². The number of sulfonamides is 1. The van der Waals surface area contributed by atoms with E-state index in [2.05, 4.69) is 42.0 Å². The summed E-state index contributed by atoms with van der Waals surface area (Å²) in [6.07, 6.45) is 11.3. The van der Waals surface area contributed by atoms with Crippen LogP contribution in [0.5, 0.6) is 0 Å². The summed E-state index contributed by atoms with van der Waals surface area (Å²) in [6, 6.07) is 0. The van der Waals surface area contributed by atoms with Crippen molar-refractivity contribution in [1.29, 1.82) is 0 Å². The number of allylic oxidation sites excluding steroid dienone is 4. The zero-order valence-corrected chi connectivity index (χ0v) is 15.9. The first-order chi connectivity index (χ1) is 11.2. The molecular formula is C18H29N3O2S. The lowest BCUT2D eigenvalue weighted by Crippen LogP contribution is -2.25. The molecule has 0 spiro atoms. The van der Waals surface area contributed by atoms with Gasteiger partial charge in [0.25, 0.3) is 0 Å². The molecule has 5 nitrogen and oxygen atoms in total.